The second kappa shape index (κ2) is 13.8. The molecule has 0 amide bonds. The molecule has 0 N–H and O–H groups in total. The second-order valence-electron chi connectivity index (χ2n) is 4.92. The fourth-order valence-electron chi connectivity index (χ4n) is 1.41. The third-order valence-electron chi connectivity index (χ3n) is 2.87. The highest BCUT2D eigenvalue weighted by Crippen LogP contribution is 2.16. The monoisotopic (exact) mass is 275 g/mol. The molecular weight excluding hydrogens is 244 g/mol. The minimum Gasteiger partial charge on any atom is -0.439 e. The first kappa shape index (κ1) is 20.7. The minimum absolute atomic E-state index is 0.0625. The lowest BCUT2D eigenvalue weighted by Gasteiger charge is -2.13. The van der Waals surface area contributed by atoms with Gasteiger partial charge in [0, 0.05) is 6.92 Å². The van der Waals surface area contributed by atoms with E-state index in [1.165, 1.54) is 6.92 Å². The molecule has 0 aromatic heterocycles. The largest absolute Gasteiger partial charge is 0.439 e. The van der Waals surface area contributed by atoms with Gasteiger partial charge in [0.25, 0.3) is 0 Å². The maximum Gasteiger partial charge on any atom is 0.304 e. The Hall–Kier alpha value is -0.610. The van der Waals surface area contributed by atoms with Crippen molar-refractivity contribution in [3.8, 4) is 0 Å². The van der Waals surface area contributed by atoms with E-state index in [0.717, 1.165) is 25.7 Å². The van der Waals surface area contributed by atoms with Gasteiger partial charge < -0.3 is 9.47 Å². The summed E-state index contributed by atoms with van der Waals surface area (Å²) < 4.78 is 9.40. The maximum absolute atomic E-state index is 11.0. The van der Waals surface area contributed by atoms with Crippen LogP contribution < -0.4 is 0 Å². The number of esters is 1. The van der Waals surface area contributed by atoms with E-state index in [-0.39, 0.29) is 25.0 Å². The standard InChI is InChI=1S/C9H19O.C6H12O3/c1-4-8(5-2)7-9(10)6-3;1-5(2)8-4-9-6(3)7/h8-9H,4-7H2,1-3H3;5H,4H2,1-3H3. The molecule has 19 heavy (non-hydrogen) atoms. The van der Waals surface area contributed by atoms with E-state index in [1.807, 2.05) is 20.8 Å². The first-order valence-corrected chi connectivity index (χ1v) is 7.27. The molecule has 0 aliphatic carbocycles. The van der Waals surface area contributed by atoms with Crippen LogP contribution in [0.15, 0.2) is 0 Å². The van der Waals surface area contributed by atoms with Crippen molar-refractivity contribution >= 4 is 5.97 Å². The van der Waals surface area contributed by atoms with E-state index in [4.69, 9.17) is 4.74 Å². The normalized spacial score (nSPS) is 12.1. The third-order valence-corrected chi connectivity index (χ3v) is 2.87. The van der Waals surface area contributed by atoms with E-state index >= 15 is 0 Å². The highest BCUT2D eigenvalue weighted by Gasteiger charge is 2.09. The van der Waals surface area contributed by atoms with Gasteiger partial charge in [-0.25, -0.2) is 5.11 Å². The van der Waals surface area contributed by atoms with Crippen LogP contribution in [0, 0.1) is 5.92 Å². The van der Waals surface area contributed by atoms with Gasteiger partial charge in [0.05, 0.1) is 12.2 Å². The van der Waals surface area contributed by atoms with Gasteiger partial charge in [-0.3, -0.25) is 4.79 Å². The smallest absolute Gasteiger partial charge is 0.304 e. The zero-order chi connectivity index (χ0) is 15.3. The van der Waals surface area contributed by atoms with Gasteiger partial charge in [-0.15, -0.1) is 0 Å². The Balaban J connectivity index is 0. The van der Waals surface area contributed by atoms with Gasteiger partial charge >= 0.3 is 5.97 Å². The molecule has 0 bridgehead atoms. The average Bonchev–Trinajstić information content (AvgIpc) is 2.35. The van der Waals surface area contributed by atoms with Crippen LogP contribution in [-0.2, 0) is 19.4 Å². The molecule has 0 aliphatic rings. The van der Waals surface area contributed by atoms with Crippen LogP contribution in [0.1, 0.15) is 67.2 Å². The molecule has 4 nitrogen and oxygen atoms in total. The van der Waals surface area contributed by atoms with E-state index in [0.29, 0.717) is 5.92 Å². The van der Waals surface area contributed by atoms with E-state index in [9.17, 15) is 9.90 Å². The minimum atomic E-state index is -0.315. The summed E-state index contributed by atoms with van der Waals surface area (Å²) in [4.78, 5) is 10.1. The van der Waals surface area contributed by atoms with Crippen molar-refractivity contribution in [1.29, 1.82) is 0 Å². The van der Waals surface area contributed by atoms with Crippen molar-refractivity contribution in [1.82, 2.24) is 0 Å². The third kappa shape index (κ3) is 17.4. The van der Waals surface area contributed by atoms with Crippen LogP contribution in [0.4, 0.5) is 0 Å². The lowest BCUT2D eigenvalue weighted by atomic mass is 9.95. The van der Waals surface area contributed by atoms with Gasteiger partial charge in [-0.1, -0.05) is 33.6 Å². The molecule has 1 radical (unpaired) electrons. The predicted molar refractivity (Wildman–Crippen MR) is 76.3 cm³/mol. The Morgan fingerprint density at radius 1 is 1.05 bits per heavy atom. The van der Waals surface area contributed by atoms with E-state index in [2.05, 4.69) is 18.6 Å². The quantitative estimate of drug-likeness (QED) is 0.498. The summed E-state index contributed by atoms with van der Waals surface area (Å²) in [6, 6.07) is 0. The summed E-state index contributed by atoms with van der Waals surface area (Å²) in [5.74, 6) is 0.359. The van der Waals surface area contributed by atoms with Gasteiger partial charge in [0.15, 0.2) is 6.79 Å². The molecule has 115 valence electrons. The molecule has 0 saturated carbocycles. The van der Waals surface area contributed by atoms with Crippen molar-refractivity contribution in [2.45, 2.75) is 79.4 Å². The fraction of sp³-hybridized carbons (Fsp3) is 0.933. The van der Waals surface area contributed by atoms with E-state index < -0.39 is 0 Å². The molecular formula is C15H31O4. The predicted octanol–water partition coefficient (Wildman–Crippen LogP) is 3.95. The van der Waals surface area contributed by atoms with Crippen LogP contribution in [-0.4, -0.2) is 25.0 Å². The number of carbonyl (C=O) groups is 1. The van der Waals surface area contributed by atoms with Gasteiger partial charge in [-0.05, 0) is 32.6 Å². The zero-order valence-corrected chi connectivity index (χ0v) is 13.4. The number of hydrogen-bond donors (Lipinski definition) is 0. The molecule has 1 unspecified atom stereocenters. The highest BCUT2D eigenvalue weighted by molar-refractivity contribution is 5.65. The van der Waals surface area contributed by atoms with Crippen molar-refractivity contribution in [2.75, 3.05) is 6.79 Å². The summed E-state index contributed by atoms with van der Waals surface area (Å²) in [6.07, 6.45) is 3.79. The molecule has 0 saturated heterocycles. The average molecular weight is 275 g/mol. The second-order valence-corrected chi connectivity index (χ2v) is 4.92. The van der Waals surface area contributed by atoms with Crippen LogP contribution in [0.25, 0.3) is 0 Å². The summed E-state index contributed by atoms with van der Waals surface area (Å²) in [5.41, 5.74) is 0. The number of hydrogen-bond acceptors (Lipinski definition) is 3. The van der Waals surface area contributed by atoms with Crippen molar-refractivity contribution in [3.63, 3.8) is 0 Å². The van der Waals surface area contributed by atoms with Gasteiger partial charge in [0.2, 0.25) is 0 Å². The van der Waals surface area contributed by atoms with Crippen LogP contribution in [0.3, 0.4) is 0 Å². The van der Waals surface area contributed by atoms with Crippen molar-refractivity contribution < 1.29 is 19.4 Å². The highest BCUT2D eigenvalue weighted by atomic mass is 16.7. The number of ether oxygens (including phenoxy) is 2. The van der Waals surface area contributed by atoms with Crippen molar-refractivity contribution in [3.05, 3.63) is 0 Å². The molecule has 4 heteroatoms. The lowest BCUT2D eigenvalue weighted by molar-refractivity contribution is -0.156. The topological polar surface area (TPSA) is 55.4 Å². The molecule has 0 heterocycles. The van der Waals surface area contributed by atoms with Crippen molar-refractivity contribution in [2.24, 2.45) is 5.92 Å². The van der Waals surface area contributed by atoms with Crippen LogP contribution in [0.5, 0.6) is 0 Å². The lowest BCUT2D eigenvalue weighted by Crippen LogP contribution is -2.09. The summed E-state index contributed by atoms with van der Waals surface area (Å²) in [5, 5.41) is 11.0. The summed E-state index contributed by atoms with van der Waals surface area (Å²) in [7, 11) is 0. The fourth-order valence-corrected chi connectivity index (χ4v) is 1.41. The Bertz CT molecular complexity index is 200. The number of rotatable bonds is 8. The van der Waals surface area contributed by atoms with Gasteiger partial charge in [-0.2, -0.15) is 0 Å². The molecule has 0 spiro atoms. The Morgan fingerprint density at radius 2 is 1.58 bits per heavy atom. The SMILES string of the molecule is CC(=O)OCOC(C)C.CCC([O])CC(CC)CC. The van der Waals surface area contributed by atoms with Crippen LogP contribution >= 0.6 is 0 Å². The molecule has 0 aromatic carbocycles. The first-order valence-electron chi connectivity index (χ1n) is 7.27. The molecule has 0 aromatic rings. The Kier molecular flexibility index (Phi) is 15.1. The van der Waals surface area contributed by atoms with Crippen LogP contribution in [0.2, 0.25) is 0 Å². The number of carbonyl (C=O) groups excluding carboxylic acids is 1. The zero-order valence-electron chi connectivity index (χ0n) is 13.4. The molecule has 0 rings (SSSR count). The first-order chi connectivity index (χ1) is 8.87. The maximum atomic E-state index is 11.0. The summed E-state index contributed by atoms with van der Waals surface area (Å²) in [6.45, 7) is 11.5. The Morgan fingerprint density at radius 3 is 1.89 bits per heavy atom. The Labute approximate surface area is 118 Å². The summed E-state index contributed by atoms with van der Waals surface area (Å²) >= 11 is 0. The van der Waals surface area contributed by atoms with E-state index in [1.54, 1.807) is 0 Å². The molecule has 0 aliphatic heterocycles. The molecule has 1 atom stereocenters. The van der Waals surface area contributed by atoms with Gasteiger partial charge in [0.1, 0.15) is 0 Å². The molecule has 0 fully saturated rings.